The highest BCUT2D eigenvalue weighted by atomic mass is 35.5. The molecule has 2 fully saturated rings. The van der Waals surface area contributed by atoms with Gasteiger partial charge in [-0.3, -0.25) is 14.7 Å². The Labute approximate surface area is 308 Å². The fourth-order valence-electron chi connectivity index (χ4n) is 8.15. The number of alkyl halides is 1. The van der Waals surface area contributed by atoms with Crippen LogP contribution in [-0.2, 0) is 29.5 Å². The van der Waals surface area contributed by atoms with Crippen molar-refractivity contribution in [1.82, 2.24) is 19.4 Å². The van der Waals surface area contributed by atoms with Crippen molar-refractivity contribution in [3.8, 4) is 22.3 Å². The number of likely N-dealkylation sites (N-methyl/N-ethyl adjacent to an activating group) is 1. The summed E-state index contributed by atoms with van der Waals surface area (Å²) in [6.07, 6.45) is 4.93. The van der Waals surface area contributed by atoms with Gasteiger partial charge in [-0.15, -0.1) is 0 Å². The van der Waals surface area contributed by atoms with Crippen LogP contribution in [0, 0.1) is 17.6 Å². The number of carbonyl (C=O) groups excluding carboxylic acids is 2. The highest BCUT2D eigenvalue weighted by Crippen LogP contribution is 2.52. The summed E-state index contributed by atoms with van der Waals surface area (Å²) in [6, 6.07) is 11.5. The smallest absolute Gasteiger partial charge is 0.415 e. The van der Waals surface area contributed by atoms with Crippen LogP contribution in [0.3, 0.4) is 0 Å². The molecule has 14 heteroatoms. The van der Waals surface area contributed by atoms with Crippen LogP contribution in [0.2, 0.25) is 0 Å². The molecule has 2 atom stereocenters. The summed E-state index contributed by atoms with van der Waals surface area (Å²) in [5, 5.41) is 0.185. The van der Waals surface area contributed by atoms with Gasteiger partial charge in [-0.05, 0) is 36.6 Å². The second-order valence-electron chi connectivity index (χ2n) is 13.8. The topological polar surface area (TPSA) is 110 Å². The Morgan fingerprint density at radius 2 is 1.83 bits per heavy atom. The molecule has 0 radical (unpaired) electrons. The highest BCUT2D eigenvalue weighted by Gasteiger charge is 2.44. The first-order valence-electron chi connectivity index (χ1n) is 17.2. The summed E-state index contributed by atoms with van der Waals surface area (Å²) < 4.78 is 43.8. The van der Waals surface area contributed by atoms with E-state index >= 15 is 8.78 Å². The molecular weight excluding hydrogens is 706 g/mol. The molecule has 53 heavy (non-hydrogen) atoms. The van der Waals surface area contributed by atoms with E-state index in [0.29, 0.717) is 51.7 Å². The number of aryl methyl sites for hydroxylation is 1. The van der Waals surface area contributed by atoms with E-state index in [2.05, 4.69) is 21.8 Å². The van der Waals surface area contributed by atoms with E-state index in [-0.39, 0.29) is 41.3 Å². The van der Waals surface area contributed by atoms with Crippen molar-refractivity contribution in [3.05, 3.63) is 105 Å². The number of hydrogen-bond acceptors (Lipinski definition) is 9. The summed E-state index contributed by atoms with van der Waals surface area (Å²) in [7, 11) is 5.17. The normalized spacial score (nSPS) is 17.5. The van der Waals surface area contributed by atoms with E-state index in [1.807, 2.05) is 30.3 Å². The van der Waals surface area contributed by atoms with Gasteiger partial charge in [0.1, 0.15) is 17.8 Å². The molecule has 0 unspecified atom stereocenters. The standard InChI is InChI=1S/C39H35ClF2N6O5/c1-45-16-22-9-10-48(31(22)18-45)35-26(15-43-29-12-24-30(47(3)39(51)53-20-40)13-28(41)34(42)32(24)33(29)35)23-11-25-36(49)27(17-46(2)37(25)44-14-23)38(50)52-19-21-7-5-4-6-8-21/h4-8,11,13-15,17,22,31H,9-10,12,16,18-20H2,1-3H3/t22-,31+/m1/s1. The minimum atomic E-state index is -1.13. The molecular formula is C39H35ClF2N6O5. The number of ether oxygens (including phenoxy) is 2. The molecule has 0 N–H and O–H groups in total. The third-order valence-electron chi connectivity index (χ3n) is 10.6. The Balaban J connectivity index is 1.29. The van der Waals surface area contributed by atoms with Gasteiger partial charge in [0, 0.05) is 93.1 Å². The van der Waals surface area contributed by atoms with E-state index in [1.165, 1.54) is 13.2 Å². The number of rotatable bonds is 7. The van der Waals surface area contributed by atoms with Crippen molar-refractivity contribution in [2.24, 2.45) is 13.0 Å². The number of likely N-dealkylation sites (tertiary alicyclic amines) is 1. The van der Waals surface area contributed by atoms with Crippen molar-refractivity contribution < 1.29 is 27.8 Å². The number of esters is 1. The summed E-state index contributed by atoms with van der Waals surface area (Å²) in [4.78, 5) is 55.0. The van der Waals surface area contributed by atoms with E-state index < -0.39 is 35.2 Å². The number of fused-ring (bicyclic) bond motifs is 5. The molecule has 2 saturated heterocycles. The lowest BCUT2D eigenvalue weighted by molar-refractivity contribution is 0.0470. The Kier molecular flexibility index (Phi) is 8.86. The summed E-state index contributed by atoms with van der Waals surface area (Å²) in [5.74, 6) is -2.59. The van der Waals surface area contributed by atoms with Crippen LogP contribution in [0.5, 0.6) is 0 Å². The quantitative estimate of drug-likeness (QED) is 0.142. The molecule has 272 valence electrons. The molecule has 2 aliphatic heterocycles. The lowest BCUT2D eigenvalue weighted by atomic mass is 9.96. The van der Waals surface area contributed by atoms with Crippen LogP contribution in [0.25, 0.3) is 33.3 Å². The zero-order valence-electron chi connectivity index (χ0n) is 29.2. The first-order valence-corrected chi connectivity index (χ1v) is 17.7. The second-order valence-corrected chi connectivity index (χ2v) is 14.0. The average molecular weight is 741 g/mol. The lowest BCUT2D eigenvalue weighted by Gasteiger charge is -2.31. The molecule has 3 aliphatic rings. The number of amides is 1. The molecule has 5 aromatic rings. The number of aromatic nitrogens is 3. The van der Waals surface area contributed by atoms with Gasteiger partial charge in [0.15, 0.2) is 17.7 Å². The first kappa shape index (κ1) is 34.7. The molecule has 1 amide bonds. The molecule has 2 aromatic carbocycles. The molecule has 8 rings (SSSR count). The van der Waals surface area contributed by atoms with E-state index in [4.69, 9.17) is 26.1 Å². The van der Waals surface area contributed by atoms with Crippen LogP contribution in [-0.4, -0.2) is 77.3 Å². The number of anilines is 2. The van der Waals surface area contributed by atoms with Gasteiger partial charge in [0.25, 0.3) is 0 Å². The van der Waals surface area contributed by atoms with Crippen molar-refractivity contribution in [2.75, 3.05) is 49.6 Å². The molecule has 11 nitrogen and oxygen atoms in total. The van der Waals surface area contributed by atoms with Gasteiger partial charge in [-0.1, -0.05) is 41.9 Å². The number of benzene rings is 2. The first-order chi connectivity index (χ1) is 25.5. The molecule has 5 heterocycles. The number of halogens is 3. The van der Waals surface area contributed by atoms with Gasteiger partial charge in [-0.25, -0.2) is 23.4 Å². The highest BCUT2D eigenvalue weighted by molar-refractivity contribution is 6.17. The van der Waals surface area contributed by atoms with E-state index in [1.54, 1.807) is 30.1 Å². The second kappa shape index (κ2) is 13.5. The van der Waals surface area contributed by atoms with Gasteiger partial charge >= 0.3 is 12.1 Å². The van der Waals surface area contributed by atoms with Crippen LogP contribution < -0.4 is 15.2 Å². The van der Waals surface area contributed by atoms with Crippen LogP contribution in [0.4, 0.5) is 25.0 Å². The van der Waals surface area contributed by atoms with Crippen LogP contribution >= 0.6 is 11.6 Å². The molecule has 0 bridgehead atoms. The minimum Gasteiger partial charge on any atom is -0.457 e. The maximum absolute atomic E-state index is 16.2. The van der Waals surface area contributed by atoms with Gasteiger partial charge in [0.05, 0.1) is 22.5 Å². The van der Waals surface area contributed by atoms with Crippen molar-refractivity contribution in [1.29, 1.82) is 0 Å². The maximum Gasteiger partial charge on any atom is 0.415 e. The van der Waals surface area contributed by atoms with E-state index in [9.17, 15) is 14.4 Å². The number of carbonyl (C=O) groups is 2. The largest absolute Gasteiger partial charge is 0.457 e. The zero-order valence-corrected chi connectivity index (χ0v) is 30.0. The molecule has 3 aromatic heterocycles. The van der Waals surface area contributed by atoms with Crippen molar-refractivity contribution >= 4 is 46.1 Å². The third-order valence-corrected chi connectivity index (χ3v) is 10.7. The fraction of sp³-hybridized carbons (Fsp3) is 0.308. The van der Waals surface area contributed by atoms with E-state index in [0.717, 1.165) is 36.0 Å². The minimum absolute atomic E-state index is 0.000517. The monoisotopic (exact) mass is 740 g/mol. The van der Waals surface area contributed by atoms with Gasteiger partial charge in [0.2, 0.25) is 5.43 Å². The van der Waals surface area contributed by atoms with Crippen LogP contribution in [0.15, 0.2) is 65.8 Å². The predicted octanol–water partition coefficient (Wildman–Crippen LogP) is 6.11. The predicted molar refractivity (Wildman–Crippen MR) is 196 cm³/mol. The zero-order chi connectivity index (χ0) is 37.1. The Hall–Kier alpha value is -5.40. The van der Waals surface area contributed by atoms with Gasteiger partial charge in [-0.2, -0.15) is 0 Å². The summed E-state index contributed by atoms with van der Waals surface area (Å²) in [6.45, 7) is 2.33. The molecule has 1 aliphatic carbocycles. The molecule has 0 saturated carbocycles. The maximum atomic E-state index is 16.2. The number of nitrogens with zero attached hydrogens (tertiary/aromatic N) is 6. The van der Waals surface area contributed by atoms with Crippen LogP contribution in [0.1, 0.15) is 33.6 Å². The lowest BCUT2D eigenvalue weighted by Crippen LogP contribution is -2.35. The van der Waals surface area contributed by atoms with Crippen molar-refractivity contribution in [3.63, 3.8) is 0 Å². The fourth-order valence-corrected chi connectivity index (χ4v) is 8.25. The Bertz CT molecular complexity index is 2370. The SMILES string of the molecule is CN1C[C@H]2CCN(c3c(-c4cnc5c(c4)c(=O)c(C(=O)OCc4ccccc4)cn5C)cnc4c3-c3c(F)c(F)cc(N(C)C(=O)OCCl)c3C4)[C@H]2C1. The third kappa shape index (κ3) is 5.88. The van der Waals surface area contributed by atoms with Gasteiger partial charge < -0.3 is 23.8 Å². The number of pyridine rings is 3. The molecule has 0 spiro atoms. The van der Waals surface area contributed by atoms with Crippen molar-refractivity contribution in [2.45, 2.75) is 25.5 Å². The Morgan fingerprint density at radius 3 is 2.60 bits per heavy atom. The Morgan fingerprint density at radius 1 is 1.04 bits per heavy atom. The average Bonchev–Trinajstić information content (AvgIpc) is 3.85. The summed E-state index contributed by atoms with van der Waals surface area (Å²) >= 11 is 5.64. The number of hydrogen-bond donors (Lipinski definition) is 0. The summed E-state index contributed by atoms with van der Waals surface area (Å²) in [5.41, 5.74) is 3.67.